The summed E-state index contributed by atoms with van der Waals surface area (Å²) in [5.41, 5.74) is 0.807. The highest BCUT2D eigenvalue weighted by atomic mass is 32.2. The summed E-state index contributed by atoms with van der Waals surface area (Å²) in [6.07, 6.45) is 3.02. The summed E-state index contributed by atoms with van der Waals surface area (Å²) >= 11 is 0. The van der Waals surface area contributed by atoms with Crippen molar-refractivity contribution in [3.05, 3.63) is 29.8 Å². The Morgan fingerprint density at radius 1 is 1.29 bits per heavy atom. The van der Waals surface area contributed by atoms with Crippen LogP contribution in [0.15, 0.2) is 29.2 Å². The van der Waals surface area contributed by atoms with Crippen molar-refractivity contribution in [1.29, 1.82) is 0 Å². The van der Waals surface area contributed by atoms with Crippen LogP contribution < -0.4 is 10.0 Å². The SMILES string of the molecule is CNCc1ccccc1S(=O)(=O)NC1CCC1. The van der Waals surface area contributed by atoms with Crippen LogP contribution in [0.1, 0.15) is 24.8 Å². The fraction of sp³-hybridized carbons (Fsp3) is 0.500. The summed E-state index contributed by atoms with van der Waals surface area (Å²) in [4.78, 5) is 0.390. The minimum absolute atomic E-state index is 0.127. The molecule has 4 nitrogen and oxygen atoms in total. The Morgan fingerprint density at radius 2 is 2.00 bits per heavy atom. The molecule has 0 radical (unpaired) electrons. The molecule has 1 fully saturated rings. The van der Waals surface area contributed by atoms with Crippen molar-refractivity contribution in [2.45, 2.75) is 36.7 Å². The predicted octanol–water partition coefficient (Wildman–Crippen LogP) is 1.24. The molecule has 0 atom stereocenters. The minimum Gasteiger partial charge on any atom is -0.316 e. The van der Waals surface area contributed by atoms with Gasteiger partial charge in [-0.3, -0.25) is 0 Å². The van der Waals surface area contributed by atoms with E-state index in [4.69, 9.17) is 0 Å². The van der Waals surface area contributed by atoms with E-state index in [1.807, 2.05) is 19.2 Å². The van der Waals surface area contributed by atoms with Gasteiger partial charge in [0.2, 0.25) is 10.0 Å². The van der Waals surface area contributed by atoms with Crippen LogP contribution in [0.4, 0.5) is 0 Å². The number of nitrogens with one attached hydrogen (secondary N) is 2. The van der Waals surface area contributed by atoms with Gasteiger partial charge in [0.1, 0.15) is 0 Å². The van der Waals surface area contributed by atoms with Crippen LogP contribution in [0.25, 0.3) is 0 Å². The zero-order chi connectivity index (χ0) is 12.3. The highest BCUT2D eigenvalue weighted by Crippen LogP contribution is 2.22. The molecule has 0 unspecified atom stereocenters. The Hall–Kier alpha value is -0.910. The van der Waals surface area contributed by atoms with Crippen LogP contribution in [0, 0.1) is 0 Å². The number of hydrogen-bond donors (Lipinski definition) is 2. The third-order valence-corrected chi connectivity index (χ3v) is 4.68. The van der Waals surface area contributed by atoms with Gasteiger partial charge < -0.3 is 5.32 Å². The van der Waals surface area contributed by atoms with E-state index in [2.05, 4.69) is 10.0 Å². The summed E-state index contributed by atoms with van der Waals surface area (Å²) in [5.74, 6) is 0. The van der Waals surface area contributed by atoms with E-state index in [0.29, 0.717) is 11.4 Å². The standard InChI is InChI=1S/C12H18N2O2S/c1-13-9-10-5-2-3-8-12(10)17(15,16)14-11-6-4-7-11/h2-3,5,8,11,13-14H,4,6-7,9H2,1H3. The number of rotatable bonds is 5. The van der Waals surface area contributed by atoms with Gasteiger partial charge in [-0.2, -0.15) is 0 Å². The van der Waals surface area contributed by atoms with Crippen LogP contribution in [-0.2, 0) is 16.6 Å². The first-order chi connectivity index (χ1) is 8.13. The first kappa shape index (κ1) is 12.5. The largest absolute Gasteiger partial charge is 0.316 e. The predicted molar refractivity (Wildman–Crippen MR) is 67.2 cm³/mol. The van der Waals surface area contributed by atoms with E-state index in [0.717, 1.165) is 24.8 Å². The van der Waals surface area contributed by atoms with Crippen LogP contribution in [-0.4, -0.2) is 21.5 Å². The molecule has 0 aromatic heterocycles. The van der Waals surface area contributed by atoms with E-state index < -0.39 is 10.0 Å². The molecule has 94 valence electrons. The van der Waals surface area contributed by atoms with Gasteiger partial charge in [-0.25, -0.2) is 13.1 Å². The molecule has 0 saturated heterocycles. The van der Waals surface area contributed by atoms with Gasteiger partial charge >= 0.3 is 0 Å². The van der Waals surface area contributed by atoms with Gasteiger partial charge in [0, 0.05) is 12.6 Å². The zero-order valence-electron chi connectivity index (χ0n) is 9.94. The van der Waals surface area contributed by atoms with E-state index in [1.165, 1.54) is 0 Å². The van der Waals surface area contributed by atoms with Gasteiger partial charge in [0.05, 0.1) is 4.90 Å². The average molecular weight is 254 g/mol. The second-order valence-electron chi connectivity index (χ2n) is 4.39. The smallest absolute Gasteiger partial charge is 0.241 e. The molecule has 1 saturated carbocycles. The third kappa shape index (κ3) is 2.86. The second kappa shape index (κ2) is 5.16. The molecule has 2 rings (SSSR count). The molecular formula is C12H18N2O2S. The van der Waals surface area contributed by atoms with Gasteiger partial charge in [0.15, 0.2) is 0 Å². The van der Waals surface area contributed by atoms with E-state index in [1.54, 1.807) is 12.1 Å². The Kier molecular flexibility index (Phi) is 3.81. The quantitative estimate of drug-likeness (QED) is 0.831. The molecule has 0 spiro atoms. The first-order valence-corrected chi connectivity index (χ1v) is 7.36. The Balaban J connectivity index is 2.24. The molecule has 1 aromatic rings. The van der Waals surface area contributed by atoms with E-state index >= 15 is 0 Å². The normalized spacial score (nSPS) is 16.8. The topological polar surface area (TPSA) is 58.2 Å². The Labute approximate surface area is 102 Å². The molecule has 5 heteroatoms. The van der Waals surface area contributed by atoms with Gasteiger partial charge in [-0.15, -0.1) is 0 Å². The number of sulfonamides is 1. The zero-order valence-corrected chi connectivity index (χ0v) is 10.8. The highest BCUT2D eigenvalue weighted by Gasteiger charge is 2.25. The number of benzene rings is 1. The van der Waals surface area contributed by atoms with Crippen molar-refractivity contribution in [3.8, 4) is 0 Å². The lowest BCUT2D eigenvalue weighted by Crippen LogP contribution is -2.39. The molecule has 1 aliphatic rings. The van der Waals surface area contributed by atoms with E-state index in [9.17, 15) is 8.42 Å². The molecule has 2 N–H and O–H groups in total. The van der Waals surface area contributed by atoms with Crippen molar-refractivity contribution in [2.24, 2.45) is 0 Å². The van der Waals surface area contributed by atoms with Gasteiger partial charge in [-0.1, -0.05) is 24.6 Å². The average Bonchev–Trinajstić information content (AvgIpc) is 2.25. The Morgan fingerprint density at radius 3 is 2.59 bits per heavy atom. The van der Waals surface area contributed by atoms with Crippen LogP contribution in [0.5, 0.6) is 0 Å². The fourth-order valence-corrected chi connectivity index (χ4v) is 3.46. The molecular weight excluding hydrogens is 236 g/mol. The van der Waals surface area contributed by atoms with Gasteiger partial charge in [0.25, 0.3) is 0 Å². The summed E-state index contributed by atoms with van der Waals surface area (Å²) in [7, 11) is -1.55. The van der Waals surface area contributed by atoms with Crippen molar-refractivity contribution < 1.29 is 8.42 Å². The maximum atomic E-state index is 12.2. The van der Waals surface area contributed by atoms with Crippen LogP contribution in [0.2, 0.25) is 0 Å². The van der Waals surface area contributed by atoms with Crippen LogP contribution in [0.3, 0.4) is 0 Å². The van der Waals surface area contributed by atoms with Gasteiger partial charge in [-0.05, 0) is 31.5 Å². The number of hydrogen-bond acceptors (Lipinski definition) is 3. The molecule has 0 amide bonds. The minimum atomic E-state index is -3.36. The maximum Gasteiger partial charge on any atom is 0.241 e. The van der Waals surface area contributed by atoms with Crippen molar-refractivity contribution >= 4 is 10.0 Å². The van der Waals surface area contributed by atoms with Crippen molar-refractivity contribution in [3.63, 3.8) is 0 Å². The second-order valence-corrected chi connectivity index (χ2v) is 6.07. The summed E-state index contributed by atoms with van der Waals surface area (Å²) in [5, 5.41) is 2.99. The van der Waals surface area contributed by atoms with Crippen molar-refractivity contribution in [2.75, 3.05) is 7.05 Å². The lowest BCUT2D eigenvalue weighted by molar-refractivity contribution is 0.383. The molecule has 0 bridgehead atoms. The molecule has 1 aliphatic carbocycles. The molecule has 17 heavy (non-hydrogen) atoms. The molecule has 0 heterocycles. The fourth-order valence-electron chi connectivity index (χ4n) is 1.91. The summed E-state index contributed by atoms with van der Waals surface area (Å²) in [6, 6.07) is 7.24. The molecule has 1 aromatic carbocycles. The third-order valence-electron chi connectivity index (χ3n) is 3.06. The van der Waals surface area contributed by atoms with Crippen LogP contribution >= 0.6 is 0 Å². The van der Waals surface area contributed by atoms with Crippen molar-refractivity contribution in [1.82, 2.24) is 10.0 Å². The highest BCUT2D eigenvalue weighted by molar-refractivity contribution is 7.89. The first-order valence-electron chi connectivity index (χ1n) is 5.88. The Bertz CT molecular complexity index is 481. The van der Waals surface area contributed by atoms with E-state index in [-0.39, 0.29) is 6.04 Å². The maximum absolute atomic E-state index is 12.2. The monoisotopic (exact) mass is 254 g/mol. The summed E-state index contributed by atoms with van der Waals surface area (Å²) < 4.78 is 27.1. The summed E-state index contributed by atoms with van der Waals surface area (Å²) in [6.45, 7) is 0.557. The lowest BCUT2D eigenvalue weighted by atomic mass is 9.94. The molecule has 0 aliphatic heterocycles. The lowest BCUT2D eigenvalue weighted by Gasteiger charge is -2.26.